The lowest BCUT2D eigenvalue weighted by molar-refractivity contribution is 0.618. The van der Waals surface area contributed by atoms with Gasteiger partial charge in [-0.05, 0) is 43.5 Å². The van der Waals surface area contributed by atoms with Gasteiger partial charge in [0.25, 0.3) is 0 Å². The molecule has 0 saturated heterocycles. The number of aryl methyl sites for hydroxylation is 1. The summed E-state index contributed by atoms with van der Waals surface area (Å²) in [5, 5.41) is 3.42. The van der Waals surface area contributed by atoms with E-state index in [1.807, 2.05) is 16.8 Å². The minimum Gasteiger partial charge on any atom is -0.308 e. The van der Waals surface area contributed by atoms with E-state index in [2.05, 4.69) is 10.3 Å². The molecule has 1 heterocycles. The van der Waals surface area contributed by atoms with Gasteiger partial charge in [-0.1, -0.05) is 0 Å². The highest BCUT2D eigenvalue weighted by molar-refractivity contribution is 5.36. The average Bonchev–Trinajstić information content (AvgIpc) is 3.08. The Balaban J connectivity index is 1.76. The zero-order chi connectivity index (χ0) is 12.5. The summed E-state index contributed by atoms with van der Waals surface area (Å²) in [5.74, 6) is -0.172. The Morgan fingerprint density at radius 1 is 1.44 bits per heavy atom. The van der Waals surface area contributed by atoms with E-state index in [0.717, 1.165) is 17.9 Å². The van der Waals surface area contributed by atoms with E-state index in [9.17, 15) is 4.39 Å². The van der Waals surface area contributed by atoms with E-state index in [1.54, 1.807) is 19.3 Å². The highest BCUT2D eigenvalue weighted by atomic mass is 19.1. The van der Waals surface area contributed by atoms with E-state index in [0.29, 0.717) is 11.6 Å². The molecule has 1 saturated carbocycles. The van der Waals surface area contributed by atoms with E-state index in [4.69, 9.17) is 0 Å². The summed E-state index contributed by atoms with van der Waals surface area (Å²) in [6.07, 6.45) is 6.31. The minimum absolute atomic E-state index is 0.172. The van der Waals surface area contributed by atoms with Crippen LogP contribution in [0.1, 0.15) is 24.1 Å². The SMILES string of the molecule is Cc1cc(-n2cnc(CNC3CC3)c2)ccc1F. The Hall–Kier alpha value is -1.68. The number of rotatable bonds is 4. The van der Waals surface area contributed by atoms with Gasteiger partial charge in [0.05, 0.1) is 12.0 Å². The number of halogens is 1. The molecule has 1 aromatic heterocycles. The summed E-state index contributed by atoms with van der Waals surface area (Å²) in [5.41, 5.74) is 2.61. The second kappa shape index (κ2) is 4.53. The Bertz CT molecular complexity index is 558. The van der Waals surface area contributed by atoms with Crippen LogP contribution in [0.3, 0.4) is 0 Å². The maximum atomic E-state index is 13.2. The first-order valence-corrected chi connectivity index (χ1v) is 6.25. The lowest BCUT2D eigenvalue weighted by Gasteiger charge is -2.03. The van der Waals surface area contributed by atoms with Crippen LogP contribution < -0.4 is 5.32 Å². The van der Waals surface area contributed by atoms with Crippen molar-refractivity contribution < 1.29 is 4.39 Å². The standard InChI is InChI=1S/C14H16FN3/c1-10-6-13(4-5-14(10)15)18-8-12(17-9-18)7-16-11-2-3-11/h4-6,8-9,11,16H,2-3,7H2,1H3. The molecular formula is C14H16FN3. The summed E-state index contributed by atoms with van der Waals surface area (Å²) in [6, 6.07) is 5.77. The predicted octanol–water partition coefficient (Wildman–Crippen LogP) is 2.57. The first kappa shape index (κ1) is 11.4. The van der Waals surface area contributed by atoms with Gasteiger partial charge >= 0.3 is 0 Å². The molecule has 0 amide bonds. The summed E-state index contributed by atoms with van der Waals surface area (Å²) in [7, 11) is 0. The van der Waals surface area contributed by atoms with Gasteiger partial charge in [-0.3, -0.25) is 0 Å². The van der Waals surface area contributed by atoms with Gasteiger partial charge in [-0.25, -0.2) is 9.37 Å². The van der Waals surface area contributed by atoms with Crippen LogP contribution in [0.4, 0.5) is 4.39 Å². The quantitative estimate of drug-likeness (QED) is 0.897. The first-order valence-electron chi connectivity index (χ1n) is 6.25. The monoisotopic (exact) mass is 245 g/mol. The van der Waals surface area contributed by atoms with Crippen molar-refractivity contribution in [2.45, 2.75) is 32.4 Å². The number of hydrogen-bond acceptors (Lipinski definition) is 2. The van der Waals surface area contributed by atoms with Crippen LogP contribution in [0.2, 0.25) is 0 Å². The van der Waals surface area contributed by atoms with Gasteiger partial charge in [0.2, 0.25) is 0 Å². The van der Waals surface area contributed by atoms with Crippen molar-refractivity contribution in [3.63, 3.8) is 0 Å². The van der Waals surface area contributed by atoms with Crippen molar-refractivity contribution in [3.05, 3.63) is 47.8 Å². The van der Waals surface area contributed by atoms with Crippen molar-refractivity contribution in [2.24, 2.45) is 0 Å². The van der Waals surface area contributed by atoms with Crippen LogP contribution in [0.15, 0.2) is 30.7 Å². The Labute approximate surface area is 106 Å². The zero-order valence-corrected chi connectivity index (χ0v) is 10.4. The van der Waals surface area contributed by atoms with Crippen LogP contribution >= 0.6 is 0 Å². The minimum atomic E-state index is -0.172. The number of nitrogens with zero attached hydrogens (tertiary/aromatic N) is 2. The maximum Gasteiger partial charge on any atom is 0.126 e. The van der Waals surface area contributed by atoms with E-state index < -0.39 is 0 Å². The normalized spacial score (nSPS) is 15.0. The molecular weight excluding hydrogens is 229 g/mol. The summed E-state index contributed by atoms with van der Waals surface area (Å²) < 4.78 is 15.1. The highest BCUT2D eigenvalue weighted by Gasteiger charge is 2.20. The maximum absolute atomic E-state index is 13.2. The van der Waals surface area contributed by atoms with Crippen LogP contribution in [-0.2, 0) is 6.54 Å². The van der Waals surface area contributed by atoms with E-state index in [-0.39, 0.29) is 5.82 Å². The predicted molar refractivity (Wildman–Crippen MR) is 68.1 cm³/mol. The Morgan fingerprint density at radius 3 is 3.00 bits per heavy atom. The summed E-state index contributed by atoms with van der Waals surface area (Å²) in [4.78, 5) is 4.35. The van der Waals surface area contributed by atoms with Crippen LogP contribution in [0.25, 0.3) is 5.69 Å². The number of hydrogen-bond donors (Lipinski definition) is 1. The molecule has 0 radical (unpaired) electrons. The molecule has 94 valence electrons. The highest BCUT2D eigenvalue weighted by Crippen LogP contribution is 2.19. The van der Waals surface area contributed by atoms with Gasteiger partial charge in [-0.2, -0.15) is 0 Å². The molecule has 1 aliphatic carbocycles. The number of benzene rings is 1. The third-order valence-corrected chi connectivity index (χ3v) is 3.22. The van der Waals surface area contributed by atoms with Crippen LogP contribution in [-0.4, -0.2) is 15.6 Å². The molecule has 4 heteroatoms. The average molecular weight is 245 g/mol. The Kier molecular flexibility index (Phi) is 2.88. The van der Waals surface area contributed by atoms with Gasteiger partial charge in [-0.15, -0.1) is 0 Å². The molecule has 0 atom stereocenters. The molecule has 1 fully saturated rings. The van der Waals surface area contributed by atoms with Gasteiger partial charge < -0.3 is 9.88 Å². The van der Waals surface area contributed by atoms with Crippen LogP contribution in [0.5, 0.6) is 0 Å². The summed E-state index contributed by atoms with van der Waals surface area (Å²) in [6.45, 7) is 2.57. The molecule has 3 rings (SSSR count). The summed E-state index contributed by atoms with van der Waals surface area (Å²) >= 11 is 0. The second-order valence-corrected chi connectivity index (χ2v) is 4.86. The van der Waals surface area contributed by atoms with E-state index in [1.165, 1.54) is 18.9 Å². The van der Waals surface area contributed by atoms with Gasteiger partial charge in [0, 0.05) is 24.5 Å². The molecule has 0 unspecified atom stereocenters. The molecule has 0 bridgehead atoms. The van der Waals surface area contributed by atoms with Crippen molar-refractivity contribution in [3.8, 4) is 5.69 Å². The lowest BCUT2D eigenvalue weighted by atomic mass is 10.2. The van der Waals surface area contributed by atoms with Crippen molar-refractivity contribution in [1.82, 2.24) is 14.9 Å². The third-order valence-electron chi connectivity index (χ3n) is 3.22. The largest absolute Gasteiger partial charge is 0.308 e. The molecule has 1 N–H and O–H groups in total. The lowest BCUT2D eigenvalue weighted by Crippen LogP contribution is -2.15. The molecule has 18 heavy (non-hydrogen) atoms. The molecule has 0 spiro atoms. The molecule has 2 aromatic rings. The van der Waals surface area contributed by atoms with Crippen molar-refractivity contribution >= 4 is 0 Å². The molecule has 3 nitrogen and oxygen atoms in total. The van der Waals surface area contributed by atoms with Crippen molar-refractivity contribution in [2.75, 3.05) is 0 Å². The molecule has 1 aliphatic rings. The first-order chi connectivity index (χ1) is 8.72. The topological polar surface area (TPSA) is 29.9 Å². The van der Waals surface area contributed by atoms with Crippen molar-refractivity contribution in [1.29, 1.82) is 0 Å². The second-order valence-electron chi connectivity index (χ2n) is 4.86. The smallest absolute Gasteiger partial charge is 0.126 e. The zero-order valence-electron chi connectivity index (χ0n) is 10.4. The fraction of sp³-hybridized carbons (Fsp3) is 0.357. The molecule has 1 aromatic carbocycles. The number of nitrogens with one attached hydrogen (secondary N) is 1. The van der Waals surface area contributed by atoms with Gasteiger partial charge in [0.15, 0.2) is 0 Å². The van der Waals surface area contributed by atoms with Crippen LogP contribution in [0, 0.1) is 12.7 Å². The number of imidazole rings is 1. The third kappa shape index (κ3) is 2.43. The molecule has 0 aliphatic heterocycles. The van der Waals surface area contributed by atoms with Gasteiger partial charge in [0.1, 0.15) is 5.82 Å². The fourth-order valence-corrected chi connectivity index (χ4v) is 1.92. The fourth-order valence-electron chi connectivity index (χ4n) is 1.92. The number of aromatic nitrogens is 2. The Morgan fingerprint density at radius 2 is 2.28 bits per heavy atom. The van der Waals surface area contributed by atoms with E-state index >= 15 is 0 Å².